The molecule has 1 aromatic rings. The molecule has 1 aromatic carbocycles. The Morgan fingerprint density at radius 1 is 1.53 bits per heavy atom. The first-order valence-corrected chi connectivity index (χ1v) is 5.19. The van der Waals surface area contributed by atoms with Crippen molar-refractivity contribution in [3.05, 3.63) is 34.6 Å². The van der Waals surface area contributed by atoms with Crippen LogP contribution in [0, 0.1) is 17.1 Å². The zero-order chi connectivity index (χ0) is 12.8. The summed E-state index contributed by atoms with van der Waals surface area (Å²) in [5.41, 5.74) is 6.40. The minimum absolute atomic E-state index is 0.00463. The largest absolute Gasteiger partial charge is 0.466 e. The van der Waals surface area contributed by atoms with E-state index in [1.165, 1.54) is 12.1 Å². The molecular weight excluding hydrogens is 223 g/mol. The Hall–Kier alpha value is -1.93. The summed E-state index contributed by atoms with van der Waals surface area (Å²) in [4.78, 5) is 11.3. The van der Waals surface area contributed by atoms with Crippen molar-refractivity contribution in [3.8, 4) is 6.07 Å². The summed E-state index contributed by atoms with van der Waals surface area (Å²) in [5.74, 6) is -1.04. The smallest absolute Gasteiger partial charge is 0.310 e. The summed E-state index contributed by atoms with van der Waals surface area (Å²) in [6, 6.07) is 4.25. The fourth-order valence-electron chi connectivity index (χ4n) is 1.47. The van der Waals surface area contributed by atoms with Gasteiger partial charge in [0.1, 0.15) is 11.9 Å². The van der Waals surface area contributed by atoms with Gasteiger partial charge in [-0.3, -0.25) is 4.79 Å². The number of nitrogens with zero attached hydrogens (tertiary/aromatic N) is 1. The standard InChI is InChI=1S/C12H13FN2O2/c1-2-17-12(16)5-8-3-10(7-15)11(13)4-9(8)6-14/h3-4H,2,5-6,14H2,1H3. The number of nitriles is 1. The molecule has 0 radical (unpaired) electrons. The quantitative estimate of drug-likeness (QED) is 0.798. The molecule has 90 valence electrons. The van der Waals surface area contributed by atoms with Crippen molar-refractivity contribution in [3.63, 3.8) is 0 Å². The SMILES string of the molecule is CCOC(=O)Cc1cc(C#N)c(F)cc1CN. The summed E-state index contributed by atoms with van der Waals surface area (Å²) < 4.78 is 18.1. The summed E-state index contributed by atoms with van der Waals surface area (Å²) in [7, 11) is 0. The van der Waals surface area contributed by atoms with Gasteiger partial charge in [0.2, 0.25) is 0 Å². The van der Waals surface area contributed by atoms with Crippen LogP contribution in [0.4, 0.5) is 4.39 Å². The van der Waals surface area contributed by atoms with Gasteiger partial charge in [-0.25, -0.2) is 4.39 Å². The van der Waals surface area contributed by atoms with Crippen LogP contribution in [0.1, 0.15) is 23.6 Å². The molecule has 0 saturated heterocycles. The molecule has 0 heterocycles. The van der Waals surface area contributed by atoms with Crippen molar-refractivity contribution in [1.82, 2.24) is 0 Å². The molecule has 0 amide bonds. The molecular formula is C12H13FN2O2. The van der Waals surface area contributed by atoms with Crippen LogP contribution >= 0.6 is 0 Å². The number of nitrogens with two attached hydrogens (primary N) is 1. The van der Waals surface area contributed by atoms with Gasteiger partial charge in [0.25, 0.3) is 0 Å². The van der Waals surface area contributed by atoms with Crippen LogP contribution in [0.5, 0.6) is 0 Å². The molecule has 0 spiro atoms. The van der Waals surface area contributed by atoms with Crippen molar-refractivity contribution >= 4 is 5.97 Å². The van der Waals surface area contributed by atoms with Gasteiger partial charge < -0.3 is 10.5 Å². The number of carbonyl (C=O) groups is 1. The van der Waals surface area contributed by atoms with E-state index in [0.717, 1.165) is 0 Å². The molecule has 0 aliphatic carbocycles. The third kappa shape index (κ3) is 3.26. The average Bonchev–Trinajstić information content (AvgIpc) is 2.31. The number of rotatable bonds is 4. The first-order valence-electron chi connectivity index (χ1n) is 5.19. The van der Waals surface area contributed by atoms with Crippen molar-refractivity contribution in [1.29, 1.82) is 5.26 Å². The molecule has 0 bridgehead atoms. The van der Waals surface area contributed by atoms with Crippen molar-refractivity contribution < 1.29 is 13.9 Å². The summed E-state index contributed by atoms with van der Waals surface area (Å²) in [6.07, 6.45) is -0.00463. The van der Waals surface area contributed by atoms with E-state index in [-0.39, 0.29) is 25.1 Å². The number of carbonyl (C=O) groups excluding carboxylic acids is 1. The summed E-state index contributed by atoms with van der Waals surface area (Å²) in [6.45, 7) is 2.09. The van der Waals surface area contributed by atoms with Gasteiger partial charge in [0.15, 0.2) is 0 Å². The van der Waals surface area contributed by atoms with Crippen molar-refractivity contribution in [2.24, 2.45) is 5.73 Å². The van der Waals surface area contributed by atoms with E-state index in [9.17, 15) is 9.18 Å². The molecule has 0 aromatic heterocycles. The molecule has 0 unspecified atom stereocenters. The Morgan fingerprint density at radius 3 is 2.76 bits per heavy atom. The van der Waals surface area contributed by atoms with E-state index in [0.29, 0.717) is 11.1 Å². The van der Waals surface area contributed by atoms with Crippen LogP contribution < -0.4 is 5.73 Å². The van der Waals surface area contributed by atoms with Gasteiger partial charge >= 0.3 is 5.97 Å². The third-order valence-corrected chi connectivity index (χ3v) is 2.27. The second-order valence-corrected chi connectivity index (χ2v) is 3.40. The van der Waals surface area contributed by atoms with Gasteiger partial charge in [0, 0.05) is 6.54 Å². The number of hydrogen-bond acceptors (Lipinski definition) is 4. The molecule has 0 saturated carbocycles. The third-order valence-electron chi connectivity index (χ3n) is 2.27. The Bertz CT molecular complexity index is 466. The fourth-order valence-corrected chi connectivity index (χ4v) is 1.47. The van der Waals surface area contributed by atoms with Crippen molar-refractivity contribution in [2.75, 3.05) is 6.61 Å². The second-order valence-electron chi connectivity index (χ2n) is 3.40. The molecule has 0 fully saturated rings. The molecule has 4 nitrogen and oxygen atoms in total. The lowest BCUT2D eigenvalue weighted by Gasteiger charge is -2.08. The number of ether oxygens (including phenoxy) is 1. The highest BCUT2D eigenvalue weighted by atomic mass is 19.1. The van der Waals surface area contributed by atoms with Crippen LogP contribution in [0.2, 0.25) is 0 Å². The van der Waals surface area contributed by atoms with Crippen LogP contribution in [0.3, 0.4) is 0 Å². The first-order chi connectivity index (χ1) is 8.12. The lowest BCUT2D eigenvalue weighted by atomic mass is 10.0. The van der Waals surface area contributed by atoms with Gasteiger partial charge in [-0.1, -0.05) is 0 Å². The lowest BCUT2D eigenvalue weighted by Crippen LogP contribution is -2.11. The average molecular weight is 236 g/mol. The minimum Gasteiger partial charge on any atom is -0.466 e. The highest BCUT2D eigenvalue weighted by Gasteiger charge is 2.12. The van der Waals surface area contributed by atoms with Gasteiger partial charge in [-0.2, -0.15) is 5.26 Å². The lowest BCUT2D eigenvalue weighted by molar-refractivity contribution is -0.142. The predicted octanol–water partition coefficient (Wildman–Crippen LogP) is 1.26. The number of hydrogen-bond donors (Lipinski definition) is 1. The van der Waals surface area contributed by atoms with E-state index < -0.39 is 11.8 Å². The van der Waals surface area contributed by atoms with Crippen LogP contribution in [0.25, 0.3) is 0 Å². The zero-order valence-corrected chi connectivity index (χ0v) is 9.50. The minimum atomic E-state index is -0.624. The predicted molar refractivity (Wildman–Crippen MR) is 59.3 cm³/mol. The highest BCUT2D eigenvalue weighted by Crippen LogP contribution is 2.16. The summed E-state index contributed by atoms with van der Waals surface area (Å²) >= 11 is 0. The topological polar surface area (TPSA) is 76.1 Å². The summed E-state index contributed by atoms with van der Waals surface area (Å²) in [5, 5.41) is 8.71. The molecule has 0 atom stereocenters. The van der Waals surface area contributed by atoms with E-state index in [1.807, 2.05) is 0 Å². The normalized spacial score (nSPS) is 9.76. The number of esters is 1. The van der Waals surface area contributed by atoms with Crippen LogP contribution in [-0.2, 0) is 22.5 Å². The molecule has 0 aliphatic rings. The fraction of sp³-hybridized carbons (Fsp3) is 0.333. The van der Waals surface area contributed by atoms with E-state index in [2.05, 4.69) is 0 Å². The number of halogens is 1. The second kappa shape index (κ2) is 5.97. The number of benzene rings is 1. The molecule has 5 heteroatoms. The Balaban J connectivity index is 3.05. The Morgan fingerprint density at radius 2 is 2.24 bits per heavy atom. The van der Waals surface area contributed by atoms with E-state index in [1.54, 1.807) is 13.0 Å². The van der Waals surface area contributed by atoms with E-state index in [4.69, 9.17) is 15.7 Å². The maximum atomic E-state index is 13.3. The molecule has 1 rings (SSSR count). The molecule has 2 N–H and O–H groups in total. The highest BCUT2D eigenvalue weighted by molar-refractivity contribution is 5.73. The molecule has 0 aliphatic heterocycles. The zero-order valence-electron chi connectivity index (χ0n) is 9.50. The van der Waals surface area contributed by atoms with Gasteiger partial charge in [-0.05, 0) is 30.2 Å². The maximum Gasteiger partial charge on any atom is 0.310 e. The first kappa shape index (κ1) is 13.1. The van der Waals surface area contributed by atoms with Crippen LogP contribution in [0.15, 0.2) is 12.1 Å². The van der Waals surface area contributed by atoms with Crippen LogP contribution in [-0.4, -0.2) is 12.6 Å². The van der Waals surface area contributed by atoms with Gasteiger partial charge in [0.05, 0.1) is 18.6 Å². The van der Waals surface area contributed by atoms with E-state index >= 15 is 0 Å². The maximum absolute atomic E-state index is 13.3. The monoisotopic (exact) mass is 236 g/mol. The molecule has 17 heavy (non-hydrogen) atoms. The van der Waals surface area contributed by atoms with Gasteiger partial charge in [-0.15, -0.1) is 0 Å². The Labute approximate surface area is 98.8 Å². The van der Waals surface area contributed by atoms with Crippen molar-refractivity contribution in [2.45, 2.75) is 19.9 Å². The Kier molecular flexibility index (Phi) is 4.61.